The highest BCUT2D eigenvalue weighted by Gasteiger charge is 2.60. The van der Waals surface area contributed by atoms with E-state index in [0.29, 0.717) is 4.57 Å². The summed E-state index contributed by atoms with van der Waals surface area (Å²) in [5.41, 5.74) is 4.16. The molecule has 0 aromatic carbocycles. The van der Waals surface area contributed by atoms with Gasteiger partial charge in [0.25, 0.3) is 0 Å². The van der Waals surface area contributed by atoms with E-state index in [4.69, 9.17) is 10.5 Å². The molecule has 1 aliphatic rings. The fraction of sp³-hybridized carbons (Fsp3) is 0.636. The molecule has 2 rings (SSSR count). The summed E-state index contributed by atoms with van der Waals surface area (Å²) >= 11 is 0. The molecule has 0 aliphatic carbocycles. The maximum atomic E-state index is 14.2. The van der Waals surface area contributed by atoms with Crippen LogP contribution in [0.1, 0.15) is 6.23 Å². The predicted octanol–water partition coefficient (Wildman–Crippen LogP) is -0.543. The van der Waals surface area contributed by atoms with Gasteiger partial charge in [-0.15, -0.1) is 0 Å². The van der Waals surface area contributed by atoms with Crippen molar-refractivity contribution in [3.05, 3.63) is 22.7 Å². The summed E-state index contributed by atoms with van der Waals surface area (Å²) < 4.78 is 58.5. The quantitative estimate of drug-likeness (QED) is 0.410. The molecule has 4 N–H and O–H groups in total. The molecule has 11 nitrogen and oxygen atoms in total. The number of aliphatic hydroxyl groups excluding tert-OH is 1. The number of methoxy groups -OCH3 is 1. The second kappa shape index (κ2) is 7.41. The first-order valence-corrected chi connectivity index (χ1v) is 8.25. The third kappa shape index (κ3) is 4.39. The number of phosphoric ester groups is 1. The third-order valence-corrected chi connectivity index (χ3v) is 4.13. The van der Waals surface area contributed by atoms with Crippen LogP contribution in [-0.4, -0.2) is 58.2 Å². The van der Waals surface area contributed by atoms with Gasteiger partial charge in [-0.1, -0.05) is 0 Å². The van der Waals surface area contributed by atoms with E-state index < -0.39 is 51.3 Å². The van der Waals surface area contributed by atoms with Crippen LogP contribution >= 0.6 is 7.82 Å². The lowest BCUT2D eigenvalue weighted by atomic mass is 10.1. The highest BCUT2D eigenvalue weighted by Crippen LogP contribution is 2.46. The predicted molar refractivity (Wildman–Crippen MR) is 76.5 cm³/mol. The zero-order chi connectivity index (χ0) is 18.8. The van der Waals surface area contributed by atoms with E-state index >= 15 is 0 Å². The first-order valence-electron chi connectivity index (χ1n) is 6.75. The van der Waals surface area contributed by atoms with E-state index in [0.717, 1.165) is 12.3 Å². The Morgan fingerprint density at radius 1 is 1.52 bits per heavy atom. The number of phosphoric acid groups is 1. The SMILES string of the molecule is COCOP(=O)(O)OC[C@H]1O[C@@H](n2ccc(N)nc2=O)C(F)(F)[C@@H]1O. The van der Waals surface area contributed by atoms with Gasteiger partial charge in [-0.3, -0.25) is 13.6 Å². The van der Waals surface area contributed by atoms with Crippen LogP contribution in [0.2, 0.25) is 0 Å². The molecule has 1 saturated heterocycles. The maximum Gasteiger partial charge on any atom is 0.474 e. The molecule has 25 heavy (non-hydrogen) atoms. The van der Waals surface area contributed by atoms with Gasteiger partial charge in [0.1, 0.15) is 11.9 Å². The Bertz CT molecular complexity index is 717. The summed E-state index contributed by atoms with van der Waals surface area (Å²) in [4.78, 5) is 24.3. The molecule has 0 amide bonds. The first-order chi connectivity index (χ1) is 11.6. The van der Waals surface area contributed by atoms with E-state index in [1.807, 2.05) is 0 Å². The molecule has 1 fully saturated rings. The standard InChI is InChI=1S/C11H16F2N3O8P/c1-21-5-23-25(19,20)22-4-6-8(17)11(12,13)9(24-6)16-3-2-7(14)15-10(16)18/h2-3,6,8-9,17H,4-5H2,1H3,(H,19,20)(H2,14,15,18)/t6-,8-,9-/m1/s1. The van der Waals surface area contributed by atoms with Gasteiger partial charge in [-0.25, -0.2) is 9.36 Å². The van der Waals surface area contributed by atoms with Crippen molar-refractivity contribution in [3.63, 3.8) is 0 Å². The fourth-order valence-electron chi connectivity index (χ4n) is 2.03. The zero-order valence-electron chi connectivity index (χ0n) is 12.8. The van der Waals surface area contributed by atoms with Gasteiger partial charge in [-0.05, 0) is 6.07 Å². The van der Waals surface area contributed by atoms with Crippen LogP contribution < -0.4 is 11.4 Å². The number of nitrogen functional groups attached to an aromatic ring is 1. The molecule has 1 aliphatic heterocycles. The Morgan fingerprint density at radius 2 is 2.20 bits per heavy atom. The Labute approximate surface area is 139 Å². The van der Waals surface area contributed by atoms with Crippen molar-refractivity contribution < 1.29 is 41.9 Å². The summed E-state index contributed by atoms with van der Waals surface area (Å²) in [7, 11) is -3.41. The molecule has 0 saturated carbocycles. The number of hydrogen-bond acceptors (Lipinski definition) is 9. The molecular weight excluding hydrogens is 371 g/mol. The number of anilines is 1. The fourth-order valence-corrected chi connectivity index (χ4v) is 2.68. The van der Waals surface area contributed by atoms with Crippen molar-refractivity contribution in [3.8, 4) is 0 Å². The average Bonchev–Trinajstić information content (AvgIpc) is 2.75. The summed E-state index contributed by atoms with van der Waals surface area (Å²) in [5.74, 6) is -4.08. The monoisotopic (exact) mass is 387 g/mol. The van der Waals surface area contributed by atoms with Gasteiger partial charge in [-0.2, -0.15) is 13.8 Å². The Hall–Kier alpha value is -1.47. The lowest BCUT2D eigenvalue weighted by Gasteiger charge is -2.20. The molecule has 1 unspecified atom stereocenters. The minimum atomic E-state index is -4.60. The van der Waals surface area contributed by atoms with Crippen molar-refractivity contribution in [2.45, 2.75) is 24.4 Å². The number of hydrogen-bond donors (Lipinski definition) is 3. The first kappa shape index (κ1) is 19.8. The highest BCUT2D eigenvalue weighted by molar-refractivity contribution is 7.47. The lowest BCUT2D eigenvalue weighted by molar-refractivity contribution is -0.140. The lowest BCUT2D eigenvalue weighted by Crippen LogP contribution is -2.41. The Kier molecular flexibility index (Phi) is 5.89. The third-order valence-electron chi connectivity index (χ3n) is 3.22. The average molecular weight is 387 g/mol. The van der Waals surface area contributed by atoms with Crippen LogP contribution in [0.25, 0.3) is 0 Å². The Morgan fingerprint density at radius 3 is 2.80 bits per heavy atom. The molecule has 0 radical (unpaired) electrons. The highest BCUT2D eigenvalue weighted by atomic mass is 31.2. The summed E-state index contributed by atoms with van der Waals surface area (Å²) in [6, 6.07) is 1.09. The molecule has 2 heterocycles. The van der Waals surface area contributed by atoms with Crippen molar-refractivity contribution in [2.75, 3.05) is 26.2 Å². The maximum absolute atomic E-state index is 14.2. The second-order valence-electron chi connectivity index (χ2n) is 4.99. The molecule has 14 heteroatoms. The van der Waals surface area contributed by atoms with Gasteiger partial charge in [0.2, 0.25) is 6.23 Å². The van der Waals surface area contributed by atoms with Gasteiger partial charge < -0.3 is 25.2 Å². The van der Waals surface area contributed by atoms with Crippen LogP contribution in [0.15, 0.2) is 17.1 Å². The van der Waals surface area contributed by atoms with Gasteiger partial charge >= 0.3 is 19.4 Å². The largest absolute Gasteiger partial charge is 0.474 e. The molecule has 1 aromatic rings. The van der Waals surface area contributed by atoms with E-state index in [2.05, 4.69) is 18.8 Å². The van der Waals surface area contributed by atoms with Gasteiger partial charge in [0.05, 0.1) is 6.61 Å². The summed E-state index contributed by atoms with van der Waals surface area (Å²) in [5, 5.41) is 9.71. The molecule has 142 valence electrons. The van der Waals surface area contributed by atoms with Crippen molar-refractivity contribution in [2.24, 2.45) is 0 Å². The van der Waals surface area contributed by atoms with E-state index in [1.165, 1.54) is 7.11 Å². The van der Waals surface area contributed by atoms with Crippen molar-refractivity contribution in [1.82, 2.24) is 9.55 Å². The molecule has 0 spiro atoms. The number of halogens is 2. The number of ether oxygens (including phenoxy) is 2. The van der Waals surface area contributed by atoms with Crippen LogP contribution in [0.3, 0.4) is 0 Å². The van der Waals surface area contributed by atoms with Crippen molar-refractivity contribution >= 4 is 13.6 Å². The van der Waals surface area contributed by atoms with Crippen LogP contribution in [0.5, 0.6) is 0 Å². The van der Waals surface area contributed by atoms with Crippen LogP contribution in [0.4, 0.5) is 14.6 Å². The van der Waals surface area contributed by atoms with Crippen LogP contribution in [-0.2, 0) is 23.1 Å². The minimum Gasteiger partial charge on any atom is -0.384 e. The number of aliphatic hydroxyl groups is 1. The number of alkyl halides is 2. The minimum absolute atomic E-state index is 0.181. The molecular formula is C11H16F2N3O8P. The van der Waals surface area contributed by atoms with Crippen LogP contribution in [0, 0.1) is 0 Å². The topological polar surface area (TPSA) is 155 Å². The summed E-state index contributed by atoms with van der Waals surface area (Å²) in [6.45, 7) is -1.48. The zero-order valence-corrected chi connectivity index (χ0v) is 13.7. The Balaban J connectivity index is 2.13. The number of rotatable bonds is 7. The van der Waals surface area contributed by atoms with E-state index in [1.54, 1.807) is 0 Å². The van der Waals surface area contributed by atoms with E-state index in [-0.39, 0.29) is 5.82 Å². The molecule has 4 atom stereocenters. The number of nitrogens with two attached hydrogens (primary N) is 1. The van der Waals surface area contributed by atoms with Gasteiger partial charge in [0, 0.05) is 13.3 Å². The summed E-state index contributed by atoms with van der Waals surface area (Å²) in [6.07, 6.45) is -5.40. The van der Waals surface area contributed by atoms with E-state index in [9.17, 15) is 28.1 Å². The molecule has 0 bridgehead atoms. The number of aromatic nitrogens is 2. The van der Waals surface area contributed by atoms with Crippen molar-refractivity contribution in [1.29, 1.82) is 0 Å². The van der Waals surface area contributed by atoms with Gasteiger partial charge in [0.15, 0.2) is 12.9 Å². The number of nitrogens with zero attached hydrogens (tertiary/aromatic N) is 2. The normalized spacial score (nSPS) is 28.0. The molecule has 1 aromatic heterocycles. The second-order valence-corrected chi connectivity index (χ2v) is 6.44. The smallest absolute Gasteiger partial charge is 0.384 e.